The SMILES string of the molecule is N#C[B-](F)(C#N)c1ccc(F)cc1.[Cs+]. The summed E-state index contributed by atoms with van der Waals surface area (Å²) in [4.78, 5) is 0. The van der Waals surface area contributed by atoms with Crippen LogP contribution in [0, 0.1) is 28.3 Å². The van der Waals surface area contributed by atoms with E-state index in [-0.39, 0.29) is 74.4 Å². The van der Waals surface area contributed by atoms with Gasteiger partial charge in [0.2, 0.25) is 0 Å². The van der Waals surface area contributed by atoms with Crippen molar-refractivity contribution in [2.75, 3.05) is 0 Å². The van der Waals surface area contributed by atoms with Gasteiger partial charge in [0.25, 0.3) is 0 Å². The Bertz CT molecular complexity index is 379. The minimum atomic E-state index is -3.35. The molecule has 64 valence electrons. The predicted octanol–water partition coefficient (Wildman–Crippen LogP) is -1.92. The van der Waals surface area contributed by atoms with Crippen molar-refractivity contribution in [1.29, 1.82) is 10.5 Å². The van der Waals surface area contributed by atoms with Crippen LogP contribution in [0.15, 0.2) is 24.3 Å². The first-order chi connectivity index (χ1) is 6.12. The Morgan fingerprint density at radius 2 is 1.50 bits per heavy atom. The summed E-state index contributed by atoms with van der Waals surface area (Å²) < 4.78 is 25.7. The maximum absolute atomic E-state index is 13.3. The molecule has 0 bridgehead atoms. The molecular weight excluding hydrogens is 306 g/mol. The van der Waals surface area contributed by atoms with Crippen molar-refractivity contribution in [3.8, 4) is 11.9 Å². The van der Waals surface area contributed by atoms with Gasteiger partial charge in [-0.15, -0.1) is 5.46 Å². The average molecular weight is 310 g/mol. The summed E-state index contributed by atoms with van der Waals surface area (Å²) >= 11 is 0. The van der Waals surface area contributed by atoms with Crippen LogP contribution in [0.25, 0.3) is 0 Å². The molecule has 0 radical (unpaired) electrons. The van der Waals surface area contributed by atoms with Crippen molar-refractivity contribution in [3.63, 3.8) is 0 Å². The van der Waals surface area contributed by atoms with Gasteiger partial charge in [0.05, 0.1) is 0 Å². The number of benzene rings is 1. The number of halogens is 2. The molecule has 6 heteroatoms. The Morgan fingerprint density at radius 1 is 1.07 bits per heavy atom. The van der Waals surface area contributed by atoms with E-state index in [1.165, 1.54) is 11.9 Å². The van der Waals surface area contributed by atoms with Crippen LogP contribution in [0.3, 0.4) is 0 Å². The maximum Gasteiger partial charge on any atom is 1.00 e. The number of hydrogen-bond acceptors (Lipinski definition) is 2. The van der Waals surface area contributed by atoms with Crippen LogP contribution in [0.5, 0.6) is 0 Å². The van der Waals surface area contributed by atoms with Crippen LogP contribution < -0.4 is 74.4 Å². The molecule has 0 N–H and O–H groups in total. The summed E-state index contributed by atoms with van der Waals surface area (Å²) in [6.45, 7) is 0. The van der Waals surface area contributed by atoms with E-state index in [2.05, 4.69) is 0 Å². The smallest absolute Gasteiger partial charge is 0.476 e. The number of hydrogen-bond donors (Lipinski definition) is 0. The van der Waals surface area contributed by atoms with Crippen LogP contribution in [0.1, 0.15) is 0 Å². The standard InChI is InChI=1S/C8H4BF2N2.Cs/c10-8-3-1-7(2-4-8)9(11,5-12)6-13;/h1-4H;/q-1;+1. The molecule has 0 atom stereocenters. The van der Waals surface area contributed by atoms with Crippen LogP contribution in [-0.2, 0) is 0 Å². The summed E-state index contributed by atoms with van der Waals surface area (Å²) in [5, 5.41) is 16.8. The van der Waals surface area contributed by atoms with Crippen molar-refractivity contribution in [3.05, 3.63) is 30.1 Å². The predicted molar refractivity (Wildman–Crippen MR) is 44.1 cm³/mol. The molecule has 1 aromatic carbocycles. The van der Waals surface area contributed by atoms with Gasteiger partial charge in [0.1, 0.15) is 5.82 Å². The molecule has 0 saturated carbocycles. The van der Waals surface area contributed by atoms with Crippen LogP contribution in [0.4, 0.5) is 8.71 Å². The maximum atomic E-state index is 13.3. The third-order valence-electron chi connectivity index (χ3n) is 1.69. The largest absolute Gasteiger partial charge is 1.00 e. The number of rotatable bonds is 1. The fourth-order valence-electron chi connectivity index (χ4n) is 0.906. The van der Waals surface area contributed by atoms with E-state index >= 15 is 0 Å². The quantitative estimate of drug-likeness (QED) is 0.568. The minimum Gasteiger partial charge on any atom is -0.476 e. The molecule has 0 amide bonds. The van der Waals surface area contributed by atoms with Gasteiger partial charge < -0.3 is 4.32 Å². The van der Waals surface area contributed by atoms with Gasteiger partial charge in [-0.1, -0.05) is 24.1 Å². The fourth-order valence-corrected chi connectivity index (χ4v) is 0.906. The summed E-state index contributed by atoms with van der Waals surface area (Å²) in [5.74, 6) is 2.02. The van der Waals surface area contributed by atoms with Gasteiger partial charge in [0, 0.05) is 0 Å². The molecule has 14 heavy (non-hydrogen) atoms. The van der Waals surface area contributed by atoms with E-state index in [0.29, 0.717) is 0 Å². The summed E-state index contributed by atoms with van der Waals surface area (Å²) in [7, 11) is 0. The van der Waals surface area contributed by atoms with E-state index in [0.717, 1.165) is 24.3 Å². The zero-order valence-corrected chi connectivity index (χ0v) is 13.8. The van der Waals surface area contributed by atoms with Crippen molar-refractivity contribution < 1.29 is 77.6 Å². The van der Waals surface area contributed by atoms with Crippen LogP contribution in [-0.4, -0.2) is 6.42 Å². The molecule has 0 fully saturated rings. The summed E-state index contributed by atoms with van der Waals surface area (Å²) in [5.41, 5.74) is -0.0913. The minimum absolute atomic E-state index is 0. The van der Waals surface area contributed by atoms with Crippen molar-refractivity contribution in [2.24, 2.45) is 0 Å². The topological polar surface area (TPSA) is 47.6 Å². The third-order valence-corrected chi connectivity index (χ3v) is 1.69. The Hall–Kier alpha value is 0.177. The number of nitrogens with zero attached hydrogens (tertiary/aromatic N) is 2. The Kier molecular flexibility index (Phi) is 5.99. The normalized spacial score (nSPS) is 9.43. The Morgan fingerprint density at radius 3 is 1.86 bits per heavy atom. The molecule has 0 aliphatic carbocycles. The molecule has 0 aromatic heterocycles. The zero-order chi connectivity index (χ0) is 9.90. The second-order valence-corrected chi connectivity index (χ2v) is 2.57. The second-order valence-electron chi connectivity index (χ2n) is 2.57. The van der Waals surface area contributed by atoms with Crippen molar-refractivity contribution in [1.82, 2.24) is 0 Å². The molecule has 0 saturated heterocycles. The van der Waals surface area contributed by atoms with Gasteiger partial charge in [-0.2, -0.15) is 0 Å². The number of nitriles is 2. The molecule has 0 spiro atoms. The second kappa shape index (κ2) is 5.91. The van der Waals surface area contributed by atoms with Crippen LogP contribution >= 0.6 is 0 Å². The molecule has 0 aliphatic heterocycles. The van der Waals surface area contributed by atoms with Crippen molar-refractivity contribution >= 4 is 11.9 Å². The molecular formula is C8H4BCsF2N2. The molecule has 1 aromatic rings. The molecule has 0 aliphatic rings. The molecule has 0 heterocycles. The Labute approximate surface area is 139 Å². The van der Waals surface area contributed by atoms with Gasteiger partial charge in [-0.25, -0.2) is 14.9 Å². The van der Waals surface area contributed by atoms with Gasteiger partial charge in [0.15, 0.2) is 0 Å². The van der Waals surface area contributed by atoms with E-state index < -0.39 is 12.2 Å². The molecule has 1 rings (SSSR count). The van der Waals surface area contributed by atoms with Gasteiger partial charge in [-0.3, -0.25) is 0 Å². The van der Waals surface area contributed by atoms with Gasteiger partial charge in [-0.05, 0) is 12.1 Å². The van der Waals surface area contributed by atoms with E-state index in [1.54, 1.807) is 0 Å². The average Bonchev–Trinajstić information content (AvgIpc) is 2.18. The van der Waals surface area contributed by atoms with E-state index in [9.17, 15) is 8.71 Å². The van der Waals surface area contributed by atoms with Crippen LogP contribution in [0.2, 0.25) is 0 Å². The van der Waals surface area contributed by atoms with Gasteiger partial charge >= 0.3 is 75.3 Å². The summed E-state index contributed by atoms with van der Waals surface area (Å²) in [6.07, 6.45) is -3.35. The van der Waals surface area contributed by atoms with Crippen molar-refractivity contribution in [2.45, 2.75) is 0 Å². The van der Waals surface area contributed by atoms with E-state index in [1.807, 2.05) is 0 Å². The molecule has 2 nitrogen and oxygen atoms in total. The first kappa shape index (κ1) is 14.2. The first-order valence-corrected chi connectivity index (χ1v) is 3.54. The van der Waals surface area contributed by atoms with E-state index in [4.69, 9.17) is 10.5 Å². The Balaban J connectivity index is 0.00000169. The fraction of sp³-hybridized carbons (Fsp3) is 0. The molecule has 0 unspecified atom stereocenters. The zero-order valence-electron chi connectivity index (χ0n) is 7.54. The summed E-state index contributed by atoms with van der Waals surface area (Å²) in [6, 6.07) is 4.23. The monoisotopic (exact) mass is 310 g/mol. The third kappa shape index (κ3) is 3.09. The first-order valence-electron chi connectivity index (χ1n) is 3.54.